The van der Waals surface area contributed by atoms with E-state index in [1.807, 2.05) is 0 Å². The van der Waals surface area contributed by atoms with Gasteiger partial charge in [0.2, 0.25) is 5.88 Å². The van der Waals surface area contributed by atoms with Gasteiger partial charge in [-0.25, -0.2) is 0 Å². The number of ether oxygens (including phenoxy) is 1. The Balaban J connectivity index is 2.88. The number of esters is 1. The molecule has 0 aromatic carbocycles. The van der Waals surface area contributed by atoms with Gasteiger partial charge in [0.1, 0.15) is 6.54 Å². The number of hydrogen-bond acceptors (Lipinski definition) is 5. The Morgan fingerprint density at radius 2 is 2.58 bits per heavy atom. The van der Waals surface area contributed by atoms with E-state index in [0.29, 0.717) is 3.95 Å². The third-order valence-corrected chi connectivity index (χ3v) is 2.54. The largest absolute Gasteiger partial charge is 0.494 e. The first-order chi connectivity index (χ1) is 5.65. The Hall–Kier alpha value is -0.880. The fraction of sp³-hybridized carbons (Fsp3) is 0.333. The van der Waals surface area contributed by atoms with Crippen LogP contribution < -0.4 is 0 Å². The lowest BCUT2D eigenvalue weighted by Gasteiger charge is -2.01. The van der Waals surface area contributed by atoms with Crippen molar-refractivity contribution < 1.29 is 14.6 Å². The molecule has 0 spiro atoms. The van der Waals surface area contributed by atoms with Crippen molar-refractivity contribution >= 4 is 29.5 Å². The van der Waals surface area contributed by atoms with Crippen molar-refractivity contribution in [3.05, 3.63) is 9.33 Å². The van der Waals surface area contributed by atoms with Gasteiger partial charge in [-0.1, -0.05) is 0 Å². The van der Waals surface area contributed by atoms with E-state index < -0.39 is 5.97 Å². The molecular weight excluding hydrogens is 198 g/mol. The van der Waals surface area contributed by atoms with Crippen molar-refractivity contribution in [3.8, 4) is 5.88 Å². The molecule has 1 heterocycles. The fourth-order valence-corrected chi connectivity index (χ4v) is 1.58. The zero-order valence-corrected chi connectivity index (χ0v) is 7.94. The molecule has 0 amide bonds. The van der Waals surface area contributed by atoms with Crippen LogP contribution in [-0.2, 0) is 16.1 Å². The van der Waals surface area contributed by atoms with E-state index in [2.05, 4.69) is 4.74 Å². The standard InChI is InChI=1S/C6H7NO3S2/c1-10-5(9)2-7-4(8)3-12-6(7)11/h3,8H,2H2,1H3. The number of thiazole rings is 1. The van der Waals surface area contributed by atoms with Gasteiger partial charge < -0.3 is 9.84 Å². The molecule has 1 N–H and O–H groups in total. The van der Waals surface area contributed by atoms with Crippen molar-refractivity contribution in [2.45, 2.75) is 6.54 Å². The minimum absolute atomic E-state index is 0.00426. The third-order valence-electron chi connectivity index (χ3n) is 1.28. The number of aromatic hydroxyl groups is 1. The molecule has 1 aromatic heterocycles. The van der Waals surface area contributed by atoms with Gasteiger partial charge in [0, 0.05) is 0 Å². The molecular formula is C6H7NO3S2. The minimum Gasteiger partial charge on any atom is -0.494 e. The van der Waals surface area contributed by atoms with Gasteiger partial charge in [-0.05, 0) is 12.2 Å². The summed E-state index contributed by atoms with van der Waals surface area (Å²) in [6.45, 7) is -0.0370. The lowest BCUT2D eigenvalue weighted by Crippen LogP contribution is -2.10. The van der Waals surface area contributed by atoms with E-state index in [1.165, 1.54) is 28.4 Å². The summed E-state index contributed by atoms with van der Waals surface area (Å²) < 4.78 is 6.19. The van der Waals surface area contributed by atoms with E-state index in [9.17, 15) is 9.90 Å². The van der Waals surface area contributed by atoms with Crippen LogP contribution in [0.3, 0.4) is 0 Å². The molecule has 0 fully saturated rings. The SMILES string of the molecule is COC(=O)Cn1c(O)csc1=S. The van der Waals surface area contributed by atoms with Crippen LogP contribution in [0.4, 0.5) is 0 Å². The molecule has 0 unspecified atom stereocenters. The molecule has 6 heteroatoms. The second-order valence-electron chi connectivity index (χ2n) is 2.02. The molecule has 0 saturated carbocycles. The zero-order chi connectivity index (χ0) is 9.14. The number of carbonyl (C=O) groups is 1. The van der Waals surface area contributed by atoms with Gasteiger partial charge in [-0.2, -0.15) is 0 Å². The van der Waals surface area contributed by atoms with Gasteiger partial charge in [0.15, 0.2) is 3.95 Å². The summed E-state index contributed by atoms with van der Waals surface area (Å²) >= 11 is 6.06. The molecule has 0 atom stereocenters. The number of rotatable bonds is 2. The summed E-state index contributed by atoms with van der Waals surface area (Å²) in [7, 11) is 1.29. The Bertz CT molecular complexity index is 341. The Morgan fingerprint density at radius 3 is 3.00 bits per heavy atom. The van der Waals surface area contributed by atoms with E-state index in [-0.39, 0.29) is 12.4 Å². The number of carbonyl (C=O) groups excluding carboxylic acids is 1. The zero-order valence-electron chi connectivity index (χ0n) is 6.31. The van der Waals surface area contributed by atoms with Gasteiger partial charge in [-0.3, -0.25) is 9.36 Å². The highest BCUT2D eigenvalue weighted by Gasteiger charge is 2.07. The summed E-state index contributed by atoms with van der Waals surface area (Å²) in [6, 6.07) is 0. The van der Waals surface area contributed by atoms with Crippen LogP contribution in [-0.4, -0.2) is 22.8 Å². The summed E-state index contributed by atoms with van der Waals surface area (Å²) in [5.74, 6) is -0.435. The molecule has 0 saturated heterocycles. The maximum atomic E-state index is 10.8. The number of nitrogens with zero attached hydrogens (tertiary/aromatic N) is 1. The number of aromatic nitrogens is 1. The van der Waals surface area contributed by atoms with Crippen LogP contribution in [0.25, 0.3) is 0 Å². The van der Waals surface area contributed by atoms with Crippen LogP contribution in [0.2, 0.25) is 0 Å². The van der Waals surface area contributed by atoms with Crippen LogP contribution >= 0.6 is 23.6 Å². The number of methoxy groups -OCH3 is 1. The van der Waals surface area contributed by atoms with Crippen molar-refractivity contribution in [1.82, 2.24) is 4.57 Å². The number of hydrogen-bond donors (Lipinski definition) is 1. The van der Waals surface area contributed by atoms with E-state index in [0.717, 1.165) is 0 Å². The lowest BCUT2D eigenvalue weighted by atomic mass is 10.6. The predicted molar refractivity (Wildman–Crippen MR) is 46.8 cm³/mol. The highest BCUT2D eigenvalue weighted by atomic mass is 32.1. The first kappa shape index (κ1) is 9.21. The molecule has 1 aromatic rings. The molecule has 0 aliphatic heterocycles. The average molecular weight is 205 g/mol. The first-order valence-corrected chi connectivity index (χ1v) is 4.38. The minimum atomic E-state index is -0.431. The smallest absolute Gasteiger partial charge is 0.325 e. The maximum absolute atomic E-state index is 10.8. The van der Waals surface area contributed by atoms with Gasteiger partial charge >= 0.3 is 5.97 Å². The molecule has 1 rings (SSSR count). The van der Waals surface area contributed by atoms with E-state index in [1.54, 1.807) is 0 Å². The maximum Gasteiger partial charge on any atom is 0.325 e. The van der Waals surface area contributed by atoms with Gasteiger partial charge in [-0.15, -0.1) is 11.3 Å². The van der Waals surface area contributed by atoms with Gasteiger partial charge in [0.05, 0.1) is 12.5 Å². The van der Waals surface area contributed by atoms with Crippen molar-refractivity contribution in [2.24, 2.45) is 0 Å². The first-order valence-electron chi connectivity index (χ1n) is 3.09. The summed E-state index contributed by atoms with van der Waals surface area (Å²) in [4.78, 5) is 10.8. The van der Waals surface area contributed by atoms with Crippen molar-refractivity contribution in [2.75, 3.05) is 7.11 Å². The van der Waals surface area contributed by atoms with E-state index >= 15 is 0 Å². The molecule has 12 heavy (non-hydrogen) atoms. The predicted octanol–water partition coefficient (Wildman–Crippen LogP) is 1.16. The second kappa shape index (κ2) is 3.68. The highest BCUT2D eigenvalue weighted by molar-refractivity contribution is 7.73. The normalized spacial score (nSPS) is 9.75. The van der Waals surface area contributed by atoms with Gasteiger partial charge in [0.25, 0.3) is 0 Å². The van der Waals surface area contributed by atoms with Crippen LogP contribution in [0, 0.1) is 3.95 Å². The summed E-state index contributed by atoms with van der Waals surface area (Å²) in [5.41, 5.74) is 0. The lowest BCUT2D eigenvalue weighted by molar-refractivity contribution is -0.141. The fourth-order valence-electron chi connectivity index (χ4n) is 0.663. The van der Waals surface area contributed by atoms with Crippen molar-refractivity contribution in [1.29, 1.82) is 0 Å². The quantitative estimate of drug-likeness (QED) is 0.581. The summed E-state index contributed by atoms with van der Waals surface area (Å²) in [5, 5.41) is 10.7. The van der Waals surface area contributed by atoms with Crippen LogP contribution in [0.1, 0.15) is 0 Å². The Kier molecular flexibility index (Phi) is 2.83. The third kappa shape index (κ3) is 1.83. The molecule has 0 radical (unpaired) electrons. The van der Waals surface area contributed by atoms with Crippen LogP contribution in [0.5, 0.6) is 5.88 Å². The second-order valence-corrected chi connectivity index (χ2v) is 3.53. The molecule has 0 bridgehead atoms. The Morgan fingerprint density at radius 1 is 1.92 bits per heavy atom. The van der Waals surface area contributed by atoms with Crippen molar-refractivity contribution in [3.63, 3.8) is 0 Å². The average Bonchev–Trinajstić information content (AvgIpc) is 2.35. The summed E-state index contributed by atoms with van der Waals surface area (Å²) in [6.07, 6.45) is 0. The molecule has 66 valence electrons. The molecule has 0 aliphatic carbocycles. The molecule has 4 nitrogen and oxygen atoms in total. The topological polar surface area (TPSA) is 51.5 Å². The highest BCUT2D eigenvalue weighted by Crippen LogP contribution is 2.16. The van der Waals surface area contributed by atoms with E-state index in [4.69, 9.17) is 12.2 Å². The Labute approximate surface area is 78.0 Å². The molecule has 0 aliphatic rings. The monoisotopic (exact) mass is 205 g/mol. The van der Waals surface area contributed by atoms with Crippen LogP contribution in [0.15, 0.2) is 5.38 Å².